The second-order valence-electron chi connectivity index (χ2n) is 5.76. The van der Waals surface area contributed by atoms with E-state index < -0.39 is 11.9 Å². The molecule has 1 aromatic carbocycles. The highest BCUT2D eigenvalue weighted by atomic mass is 32.1. The van der Waals surface area contributed by atoms with Crippen molar-refractivity contribution >= 4 is 28.3 Å². The first kappa shape index (κ1) is 21.6. The zero-order valence-electron chi connectivity index (χ0n) is 16.5. The molecule has 0 saturated carbocycles. The maximum absolute atomic E-state index is 12.5. The molecule has 1 heterocycles. The maximum Gasteiger partial charge on any atom is 0.342 e. The summed E-state index contributed by atoms with van der Waals surface area (Å²) < 4.78 is 20.9. The summed E-state index contributed by atoms with van der Waals surface area (Å²) in [6, 6.07) is 5.52. The molecule has 0 bridgehead atoms. The fourth-order valence-corrected chi connectivity index (χ4v) is 3.87. The van der Waals surface area contributed by atoms with E-state index in [-0.39, 0.29) is 29.3 Å². The molecule has 152 valence electrons. The van der Waals surface area contributed by atoms with Gasteiger partial charge in [0, 0.05) is 4.88 Å². The Hall–Kier alpha value is -2.74. The van der Waals surface area contributed by atoms with Crippen molar-refractivity contribution in [2.45, 2.75) is 26.7 Å². The minimum absolute atomic E-state index is 0.0814. The first-order valence-electron chi connectivity index (χ1n) is 8.92. The van der Waals surface area contributed by atoms with Crippen LogP contribution in [0.2, 0.25) is 0 Å². The number of rotatable bonds is 9. The van der Waals surface area contributed by atoms with E-state index in [2.05, 4.69) is 0 Å². The van der Waals surface area contributed by atoms with E-state index in [1.54, 1.807) is 28.1 Å². The first-order valence-corrected chi connectivity index (χ1v) is 9.74. The van der Waals surface area contributed by atoms with Crippen molar-refractivity contribution in [1.82, 2.24) is 0 Å². The van der Waals surface area contributed by atoms with E-state index in [0.717, 1.165) is 5.56 Å². The molecule has 0 saturated heterocycles. The number of esters is 2. The lowest BCUT2D eigenvalue weighted by Crippen LogP contribution is -2.15. The van der Waals surface area contributed by atoms with Crippen molar-refractivity contribution < 1.29 is 28.5 Å². The van der Waals surface area contributed by atoms with Gasteiger partial charge >= 0.3 is 11.9 Å². The number of methoxy groups -OCH3 is 2. The van der Waals surface area contributed by atoms with Crippen LogP contribution in [-0.2, 0) is 22.3 Å². The van der Waals surface area contributed by atoms with Crippen molar-refractivity contribution in [3.8, 4) is 11.5 Å². The van der Waals surface area contributed by atoms with Crippen molar-refractivity contribution in [3.05, 3.63) is 39.8 Å². The van der Waals surface area contributed by atoms with Crippen LogP contribution >= 0.6 is 11.3 Å². The molecule has 0 atom stereocenters. The SMILES string of the molecule is CCOC(=O)c1c(N)sc(CCc2cc(OC)ccc2OC)c1C(=O)OCC. The molecule has 0 aliphatic carbocycles. The van der Waals surface area contributed by atoms with Gasteiger partial charge in [-0.05, 0) is 50.5 Å². The summed E-state index contributed by atoms with van der Waals surface area (Å²) in [6.07, 6.45) is 1.04. The number of carbonyl (C=O) groups is 2. The summed E-state index contributed by atoms with van der Waals surface area (Å²) in [5.41, 5.74) is 7.23. The van der Waals surface area contributed by atoms with Gasteiger partial charge in [0.05, 0.1) is 33.0 Å². The number of thiophene rings is 1. The van der Waals surface area contributed by atoms with Gasteiger partial charge in [-0.25, -0.2) is 9.59 Å². The molecule has 0 aliphatic heterocycles. The first-order chi connectivity index (χ1) is 13.5. The molecule has 7 nitrogen and oxygen atoms in total. The molecule has 2 rings (SSSR count). The van der Waals surface area contributed by atoms with E-state index in [0.29, 0.717) is 29.2 Å². The highest BCUT2D eigenvalue weighted by Gasteiger charge is 2.29. The van der Waals surface area contributed by atoms with E-state index >= 15 is 0 Å². The molecule has 0 radical (unpaired) electrons. The van der Waals surface area contributed by atoms with E-state index in [4.69, 9.17) is 24.7 Å². The van der Waals surface area contributed by atoms with Crippen LogP contribution in [0.15, 0.2) is 18.2 Å². The number of anilines is 1. The van der Waals surface area contributed by atoms with Gasteiger partial charge in [-0.3, -0.25) is 0 Å². The maximum atomic E-state index is 12.5. The largest absolute Gasteiger partial charge is 0.497 e. The van der Waals surface area contributed by atoms with E-state index in [1.807, 2.05) is 18.2 Å². The molecule has 1 aromatic heterocycles. The predicted molar refractivity (Wildman–Crippen MR) is 108 cm³/mol. The third-order valence-corrected chi connectivity index (χ3v) is 5.16. The van der Waals surface area contributed by atoms with Crippen LogP contribution in [-0.4, -0.2) is 39.4 Å². The zero-order valence-corrected chi connectivity index (χ0v) is 17.3. The van der Waals surface area contributed by atoms with Crippen LogP contribution in [0.25, 0.3) is 0 Å². The number of nitrogen functional groups attached to an aromatic ring is 1. The third-order valence-electron chi connectivity index (χ3n) is 4.08. The summed E-state index contributed by atoms with van der Waals surface area (Å²) >= 11 is 1.20. The van der Waals surface area contributed by atoms with Crippen LogP contribution in [0.4, 0.5) is 5.00 Å². The fraction of sp³-hybridized carbons (Fsp3) is 0.400. The highest BCUT2D eigenvalue weighted by molar-refractivity contribution is 7.16. The van der Waals surface area contributed by atoms with Gasteiger partial charge in [-0.1, -0.05) is 0 Å². The number of nitrogens with two attached hydrogens (primary N) is 1. The van der Waals surface area contributed by atoms with Crippen molar-refractivity contribution in [3.63, 3.8) is 0 Å². The van der Waals surface area contributed by atoms with Gasteiger partial charge < -0.3 is 24.7 Å². The van der Waals surface area contributed by atoms with Gasteiger partial charge in [-0.2, -0.15) is 0 Å². The third kappa shape index (κ3) is 4.75. The van der Waals surface area contributed by atoms with E-state index in [9.17, 15) is 9.59 Å². The topological polar surface area (TPSA) is 97.1 Å². The molecular weight excluding hydrogens is 382 g/mol. The van der Waals surface area contributed by atoms with Crippen LogP contribution < -0.4 is 15.2 Å². The number of hydrogen-bond donors (Lipinski definition) is 1. The van der Waals surface area contributed by atoms with Gasteiger partial charge in [0.2, 0.25) is 0 Å². The molecule has 0 spiro atoms. The second kappa shape index (κ2) is 9.98. The monoisotopic (exact) mass is 407 g/mol. The van der Waals surface area contributed by atoms with E-state index in [1.165, 1.54) is 11.3 Å². The highest BCUT2D eigenvalue weighted by Crippen LogP contribution is 2.34. The minimum atomic E-state index is -0.621. The van der Waals surface area contributed by atoms with Crippen LogP contribution in [0, 0.1) is 0 Å². The van der Waals surface area contributed by atoms with Gasteiger partial charge in [-0.15, -0.1) is 11.3 Å². The molecule has 0 amide bonds. The number of benzene rings is 1. The molecule has 28 heavy (non-hydrogen) atoms. The minimum Gasteiger partial charge on any atom is -0.497 e. The molecular formula is C20H25NO6S. The molecule has 0 fully saturated rings. The standard InChI is InChI=1S/C20H25NO6S/c1-5-26-19(22)16-15(28-18(21)17(16)20(23)27-6-2)10-7-12-11-13(24-3)8-9-14(12)25-4/h8-9,11H,5-7,10,21H2,1-4H3. The molecule has 0 unspecified atom stereocenters. The predicted octanol–water partition coefficient (Wildman–Crippen LogP) is 3.49. The molecule has 2 N–H and O–H groups in total. The Morgan fingerprint density at radius 3 is 2.18 bits per heavy atom. The van der Waals surface area contributed by atoms with Crippen LogP contribution in [0.5, 0.6) is 11.5 Å². The average molecular weight is 407 g/mol. The normalized spacial score (nSPS) is 10.4. The summed E-state index contributed by atoms with van der Waals surface area (Å²) in [4.78, 5) is 25.5. The lowest BCUT2D eigenvalue weighted by atomic mass is 10.0. The Bertz CT molecular complexity index is 845. The quantitative estimate of drug-likeness (QED) is 0.636. The molecule has 2 aromatic rings. The second-order valence-corrected chi connectivity index (χ2v) is 6.89. The summed E-state index contributed by atoms with van der Waals surface area (Å²) in [5.74, 6) is 0.226. The lowest BCUT2D eigenvalue weighted by Gasteiger charge is -2.11. The van der Waals surface area contributed by atoms with Gasteiger partial charge in [0.15, 0.2) is 0 Å². The summed E-state index contributed by atoms with van der Waals surface area (Å²) in [5, 5.41) is 0.245. The molecule has 0 aliphatic rings. The van der Waals surface area contributed by atoms with Crippen molar-refractivity contribution in [2.75, 3.05) is 33.2 Å². The zero-order chi connectivity index (χ0) is 20.7. The summed E-state index contributed by atoms with van der Waals surface area (Å²) in [6.45, 7) is 3.78. The average Bonchev–Trinajstić information content (AvgIpc) is 3.02. The number of aryl methyl sites for hydroxylation is 2. The van der Waals surface area contributed by atoms with Crippen molar-refractivity contribution in [2.24, 2.45) is 0 Å². The Balaban J connectivity index is 2.39. The number of ether oxygens (including phenoxy) is 4. The molecule has 8 heteroatoms. The number of carbonyl (C=O) groups excluding carboxylic acids is 2. The van der Waals surface area contributed by atoms with Crippen molar-refractivity contribution in [1.29, 1.82) is 0 Å². The van der Waals surface area contributed by atoms with Crippen LogP contribution in [0.1, 0.15) is 45.0 Å². The fourth-order valence-electron chi connectivity index (χ4n) is 2.82. The Morgan fingerprint density at radius 1 is 0.964 bits per heavy atom. The Labute approximate surface area is 168 Å². The van der Waals surface area contributed by atoms with Crippen LogP contribution in [0.3, 0.4) is 0 Å². The summed E-state index contributed by atoms with van der Waals surface area (Å²) in [7, 11) is 3.19. The Morgan fingerprint density at radius 2 is 1.61 bits per heavy atom. The Kier molecular flexibility index (Phi) is 7.69. The number of hydrogen-bond acceptors (Lipinski definition) is 8. The smallest absolute Gasteiger partial charge is 0.342 e. The van der Waals surface area contributed by atoms with Gasteiger partial charge in [0.25, 0.3) is 0 Å². The van der Waals surface area contributed by atoms with Gasteiger partial charge in [0.1, 0.15) is 22.1 Å². The lowest BCUT2D eigenvalue weighted by molar-refractivity contribution is 0.0480.